The lowest BCUT2D eigenvalue weighted by atomic mass is 10.2. The van der Waals surface area contributed by atoms with E-state index in [0.29, 0.717) is 24.5 Å². The molecule has 1 aliphatic heterocycles. The molecule has 4 nitrogen and oxygen atoms in total. The Kier molecular flexibility index (Phi) is 5.74. The van der Waals surface area contributed by atoms with Gasteiger partial charge in [-0.25, -0.2) is 12.7 Å². The smallest absolute Gasteiger partial charge is 0.214 e. The number of nitrogens with zero attached hydrogens (tertiary/aromatic N) is 1. The number of rotatable bonds is 5. The van der Waals surface area contributed by atoms with E-state index in [9.17, 15) is 8.42 Å². The maximum absolute atomic E-state index is 12.3. The number of benzene rings is 1. The average Bonchev–Trinajstić information content (AvgIpc) is 2.68. The predicted octanol–water partition coefficient (Wildman–Crippen LogP) is 2.57. The summed E-state index contributed by atoms with van der Waals surface area (Å²) in [5.74, 6) is 0.773. The number of nitrogen functional groups attached to an aromatic ring is 1. The second-order valence-corrected chi connectivity index (χ2v) is 8.31. The Morgan fingerprint density at radius 1 is 1.15 bits per heavy atom. The van der Waals surface area contributed by atoms with E-state index >= 15 is 0 Å². The highest BCUT2D eigenvalue weighted by Gasteiger charge is 2.22. The third-order valence-electron chi connectivity index (χ3n) is 3.43. The standard InChI is InChI=1S/C14H22N2O2S2/c15-13-6-5-7-14(12-13)19-10-11-20(17,18)16-8-3-1-2-4-9-16/h5-7,12H,1-4,8-11,15H2. The van der Waals surface area contributed by atoms with Crippen LogP contribution in [0.25, 0.3) is 0 Å². The van der Waals surface area contributed by atoms with Gasteiger partial charge in [-0.05, 0) is 31.0 Å². The Morgan fingerprint density at radius 3 is 2.50 bits per heavy atom. The average molecular weight is 314 g/mol. The van der Waals surface area contributed by atoms with Crippen molar-refractivity contribution in [1.82, 2.24) is 4.31 Å². The van der Waals surface area contributed by atoms with Gasteiger partial charge in [-0.15, -0.1) is 11.8 Å². The van der Waals surface area contributed by atoms with Crippen LogP contribution in [0.3, 0.4) is 0 Å². The molecule has 0 saturated carbocycles. The van der Waals surface area contributed by atoms with E-state index in [1.807, 2.05) is 24.3 Å². The molecule has 0 atom stereocenters. The third-order valence-corrected chi connectivity index (χ3v) is 6.55. The van der Waals surface area contributed by atoms with Crippen molar-refractivity contribution in [2.45, 2.75) is 30.6 Å². The van der Waals surface area contributed by atoms with Crippen molar-refractivity contribution in [3.05, 3.63) is 24.3 Å². The van der Waals surface area contributed by atoms with Crippen LogP contribution in [-0.4, -0.2) is 37.3 Å². The summed E-state index contributed by atoms with van der Waals surface area (Å²) < 4.78 is 26.2. The summed E-state index contributed by atoms with van der Waals surface area (Å²) in [7, 11) is -3.11. The van der Waals surface area contributed by atoms with Gasteiger partial charge in [-0.2, -0.15) is 0 Å². The van der Waals surface area contributed by atoms with Crippen LogP contribution in [-0.2, 0) is 10.0 Å². The Labute approximate surface area is 125 Å². The largest absolute Gasteiger partial charge is 0.399 e. The molecule has 20 heavy (non-hydrogen) atoms. The van der Waals surface area contributed by atoms with E-state index in [4.69, 9.17) is 5.73 Å². The molecule has 112 valence electrons. The van der Waals surface area contributed by atoms with Crippen LogP contribution in [0.1, 0.15) is 25.7 Å². The highest BCUT2D eigenvalue weighted by Crippen LogP contribution is 2.21. The fourth-order valence-corrected chi connectivity index (χ4v) is 5.20. The lowest BCUT2D eigenvalue weighted by Crippen LogP contribution is -2.34. The molecule has 0 radical (unpaired) electrons. The number of anilines is 1. The summed E-state index contributed by atoms with van der Waals surface area (Å²) in [5, 5.41) is 0. The van der Waals surface area contributed by atoms with E-state index in [0.717, 1.165) is 30.6 Å². The first-order valence-electron chi connectivity index (χ1n) is 7.04. The molecule has 6 heteroatoms. The molecule has 2 rings (SSSR count). The van der Waals surface area contributed by atoms with E-state index in [1.54, 1.807) is 16.1 Å². The SMILES string of the molecule is Nc1cccc(SCCS(=O)(=O)N2CCCCCC2)c1. The number of nitrogens with two attached hydrogens (primary N) is 1. The van der Waals surface area contributed by atoms with Gasteiger partial charge in [0.25, 0.3) is 0 Å². The Hall–Kier alpha value is -0.720. The van der Waals surface area contributed by atoms with Gasteiger partial charge in [0, 0.05) is 29.4 Å². The summed E-state index contributed by atoms with van der Waals surface area (Å²) in [4.78, 5) is 1.02. The monoisotopic (exact) mass is 314 g/mol. The molecule has 0 aromatic heterocycles. The predicted molar refractivity (Wildman–Crippen MR) is 85.4 cm³/mol. The van der Waals surface area contributed by atoms with Crippen molar-refractivity contribution in [1.29, 1.82) is 0 Å². The van der Waals surface area contributed by atoms with Crippen molar-refractivity contribution in [2.24, 2.45) is 0 Å². The highest BCUT2D eigenvalue weighted by atomic mass is 32.2. The zero-order chi connectivity index (χ0) is 14.4. The van der Waals surface area contributed by atoms with Crippen LogP contribution in [0, 0.1) is 0 Å². The van der Waals surface area contributed by atoms with E-state index in [2.05, 4.69) is 0 Å². The minimum atomic E-state index is -3.11. The molecule has 1 fully saturated rings. The van der Waals surface area contributed by atoms with Gasteiger partial charge < -0.3 is 5.73 Å². The topological polar surface area (TPSA) is 63.4 Å². The molecule has 1 aromatic rings. The maximum Gasteiger partial charge on any atom is 0.214 e. The molecule has 1 heterocycles. The Morgan fingerprint density at radius 2 is 1.85 bits per heavy atom. The molecular weight excluding hydrogens is 292 g/mol. The van der Waals surface area contributed by atoms with Crippen LogP contribution in [0.4, 0.5) is 5.69 Å². The zero-order valence-corrected chi connectivity index (χ0v) is 13.3. The molecule has 0 bridgehead atoms. The van der Waals surface area contributed by atoms with Gasteiger partial charge in [0.15, 0.2) is 0 Å². The number of hydrogen-bond donors (Lipinski definition) is 1. The number of sulfonamides is 1. The van der Waals surface area contributed by atoms with Crippen LogP contribution in [0.5, 0.6) is 0 Å². The second kappa shape index (κ2) is 7.33. The van der Waals surface area contributed by atoms with Gasteiger partial charge in [0.2, 0.25) is 10.0 Å². The first kappa shape index (κ1) is 15.7. The molecule has 0 amide bonds. The van der Waals surface area contributed by atoms with Crippen molar-refractivity contribution in [3.8, 4) is 0 Å². The van der Waals surface area contributed by atoms with Crippen LogP contribution < -0.4 is 5.73 Å². The van der Waals surface area contributed by atoms with Gasteiger partial charge in [0.05, 0.1) is 5.75 Å². The summed E-state index contributed by atoms with van der Waals surface area (Å²) in [6.07, 6.45) is 4.26. The molecule has 1 aliphatic rings. The maximum atomic E-state index is 12.3. The molecule has 1 aromatic carbocycles. The summed E-state index contributed by atoms with van der Waals surface area (Å²) in [6, 6.07) is 7.56. The highest BCUT2D eigenvalue weighted by molar-refractivity contribution is 8.00. The lowest BCUT2D eigenvalue weighted by Gasteiger charge is -2.19. The van der Waals surface area contributed by atoms with Gasteiger partial charge in [-0.1, -0.05) is 18.9 Å². The molecule has 0 aliphatic carbocycles. The van der Waals surface area contributed by atoms with Crippen molar-refractivity contribution < 1.29 is 8.42 Å². The van der Waals surface area contributed by atoms with E-state index in [-0.39, 0.29) is 5.75 Å². The molecular formula is C14H22N2O2S2. The van der Waals surface area contributed by atoms with E-state index in [1.165, 1.54) is 0 Å². The van der Waals surface area contributed by atoms with Crippen molar-refractivity contribution >= 4 is 27.5 Å². The van der Waals surface area contributed by atoms with Crippen molar-refractivity contribution in [2.75, 3.05) is 30.3 Å². The van der Waals surface area contributed by atoms with Crippen LogP contribution in [0.2, 0.25) is 0 Å². The normalized spacial score (nSPS) is 17.8. The fourth-order valence-electron chi connectivity index (χ4n) is 2.32. The summed E-state index contributed by atoms with van der Waals surface area (Å²) in [5.41, 5.74) is 6.42. The third kappa shape index (κ3) is 4.68. The van der Waals surface area contributed by atoms with Gasteiger partial charge in [0.1, 0.15) is 0 Å². The number of thioether (sulfide) groups is 1. The first-order chi connectivity index (χ1) is 9.58. The van der Waals surface area contributed by atoms with Crippen LogP contribution >= 0.6 is 11.8 Å². The van der Waals surface area contributed by atoms with Crippen LogP contribution in [0.15, 0.2) is 29.2 Å². The minimum absolute atomic E-state index is 0.201. The van der Waals surface area contributed by atoms with Crippen molar-refractivity contribution in [3.63, 3.8) is 0 Å². The molecule has 0 spiro atoms. The second-order valence-electron chi connectivity index (χ2n) is 5.05. The summed E-state index contributed by atoms with van der Waals surface area (Å²) in [6.45, 7) is 1.37. The molecule has 1 saturated heterocycles. The fraction of sp³-hybridized carbons (Fsp3) is 0.571. The lowest BCUT2D eigenvalue weighted by molar-refractivity contribution is 0.425. The Bertz CT molecular complexity index is 524. The quantitative estimate of drug-likeness (QED) is 0.670. The number of hydrogen-bond acceptors (Lipinski definition) is 4. The molecule has 2 N–H and O–H groups in total. The van der Waals surface area contributed by atoms with Gasteiger partial charge >= 0.3 is 0 Å². The molecule has 0 unspecified atom stereocenters. The summed E-state index contributed by atoms with van der Waals surface area (Å²) >= 11 is 1.54. The minimum Gasteiger partial charge on any atom is -0.399 e. The first-order valence-corrected chi connectivity index (χ1v) is 9.63. The van der Waals surface area contributed by atoms with E-state index < -0.39 is 10.0 Å². The van der Waals surface area contributed by atoms with Gasteiger partial charge in [-0.3, -0.25) is 0 Å². The zero-order valence-electron chi connectivity index (χ0n) is 11.6. The Balaban J connectivity index is 1.85.